The van der Waals surface area contributed by atoms with Gasteiger partial charge in [-0.2, -0.15) is 8.78 Å². The average Bonchev–Trinajstić information content (AvgIpc) is 3.11. The molecule has 2 saturated carbocycles. The van der Waals surface area contributed by atoms with Crippen molar-refractivity contribution >= 4 is 11.8 Å². The fraction of sp³-hybridized carbons (Fsp3) is 0.625. The van der Waals surface area contributed by atoms with Crippen molar-refractivity contribution in [3.8, 4) is 17.0 Å². The Morgan fingerprint density at radius 3 is 2.53 bits per heavy atom. The number of pyridine rings is 1. The molecule has 2 aliphatic carbocycles. The van der Waals surface area contributed by atoms with Crippen LogP contribution in [0, 0.1) is 17.8 Å². The maximum absolute atomic E-state index is 12.8. The Morgan fingerprint density at radius 2 is 1.91 bits per heavy atom. The van der Waals surface area contributed by atoms with Gasteiger partial charge in [0.05, 0.1) is 23.2 Å². The zero-order valence-electron chi connectivity index (χ0n) is 19.4. The van der Waals surface area contributed by atoms with Crippen molar-refractivity contribution in [2.24, 2.45) is 17.8 Å². The number of nitrogen functional groups attached to an aromatic ring is 1. The molecule has 2 aromatic rings. The molecule has 2 aromatic heterocycles. The Balaban J connectivity index is 1.32. The molecule has 5 fully saturated rings. The van der Waals surface area contributed by atoms with Gasteiger partial charge in [0, 0.05) is 43.7 Å². The van der Waals surface area contributed by atoms with Gasteiger partial charge in [0.15, 0.2) is 0 Å². The number of nitrogens with zero attached hydrogens (tertiary/aromatic N) is 5. The molecule has 0 radical (unpaired) electrons. The topological polar surface area (TPSA) is 101 Å². The minimum absolute atomic E-state index is 0.0464. The van der Waals surface area contributed by atoms with Gasteiger partial charge in [0.1, 0.15) is 11.6 Å². The van der Waals surface area contributed by atoms with E-state index in [0.717, 1.165) is 25.3 Å². The zero-order chi connectivity index (χ0) is 23.8. The van der Waals surface area contributed by atoms with Crippen LogP contribution in [-0.2, 0) is 0 Å². The maximum atomic E-state index is 12.8. The number of anilines is 2. The van der Waals surface area contributed by atoms with E-state index in [1.54, 1.807) is 0 Å². The van der Waals surface area contributed by atoms with Gasteiger partial charge in [-0.25, -0.2) is 15.0 Å². The third kappa shape index (κ3) is 3.96. The largest absolute Gasteiger partial charge is 0.433 e. The van der Waals surface area contributed by atoms with Crippen molar-refractivity contribution in [1.82, 2.24) is 19.9 Å². The molecule has 2 bridgehead atoms. The van der Waals surface area contributed by atoms with Crippen LogP contribution in [0.25, 0.3) is 11.3 Å². The lowest BCUT2D eigenvalue weighted by molar-refractivity contribution is -0.0500. The van der Waals surface area contributed by atoms with Gasteiger partial charge < -0.3 is 20.5 Å². The van der Waals surface area contributed by atoms with Crippen molar-refractivity contribution < 1.29 is 18.6 Å². The van der Waals surface area contributed by atoms with Crippen molar-refractivity contribution in [3.63, 3.8) is 0 Å². The number of piperidine rings is 1. The molecule has 0 amide bonds. The lowest BCUT2D eigenvalue weighted by atomic mass is 9.86. The fourth-order valence-electron chi connectivity index (χ4n) is 6.22. The summed E-state index contributed by atoms with van der Waals surface area (Å²) in [6, 6.07) is 3.89. The number of fused-ring (bicyclic) bond motifs is 2. The molecule has 8 nitrogen and oxygen atoms in total. The first kappa shape index (κ1) is 21.9. The molecule has 34 heavy (non-hydrogen) atoms. The van der Waals surface area contributed by atoms with E-state index in [9.17, 15) is 13.9 Å². The van der Waals surface area contributed by atoms with Crippen LogP contribution in [0.2, 0.25) is 0 Å². The highest BCUT2D eigenvalue weighted by Gasteiger charge is 2.57. The summed E-state index contributed by atoms with van der Waals surface area (Å²) in [4.78, 5) is 18.5. The van der Waals surface area contributed by atoms with E-state index in [1.165, 1.54) is 25.1 Å². The van der Waals surface area contributed by atoms with Gasteiger partial charge in [-0.05, 0) is 56.6 Å². The summed E-state index contributed by atoms with van der Waals surface area (Å²) in [5.41, 5.74) is 7.47. The van der Waals surface area contributed by atoms with Crippen molar-refractivity contribution in [3.05, 3.63) is 24.0 Å². The lowest BCUT2D eigenvalue weighted by Gasteiger charge is -2.27. The number of alkyl halides is 2. The van der Waals surface area contributed by atoms with Gasteiger partial charge in [-0.1, -0.05) is 0 Å². The third-order valence-electron chi connectivity index (χ3n) is 7.71. The maximum Gasteiger partial charge on any atom is 0.387 e. The third-order valence-corrected chi connectivity index (χ3v) is 7.71. The number of hydrogen-bond acceptors (Lipinski definition) is 8. The van der Waals surface area contributed by atoms with Crippen LogP contribution in [0.5, 0.6) is 5.75 Å². The number of halogens is 2. The molecule has 3 atom stereocenters. The number of nitrogens with two attached hydrogens (primary N) is 1. The normalized spacial score (nSPS) is 29.9. The number of aromatic nitrogens is 3. The van der Waals surface area contributed by atoms with Gasteiger partial charge in [-0.15, -0.1) is 0 Å². The predicted molar refractivity (Wildman–Crippen MR) is 123 cm³/mol. The van der Waals surface area contributed by atoms with Crippen LogP contribution in [0.4, 0.5) is 20.5 Å². The Hall–Kier alpha value is -2.59. The Bertz CT molecular complexity index is 1090. The van der Waals surface area contributed by atoms with Crippen LogP contribution >= 0.6 is 0 Å². The molecule has 5 aliphatic rings. The van der Waals surface area contributed by atoms with Gasteiger partial charge >= 0.3 is 6.61 Å². The quantitative estimate of drug-likeness (QED) is 0.635. The molecular weight excluding hydrogens is 442 g/mol. The van der Waals surface area contributed by atoms with E-state index in [4.69, 9.17) is 15.7 Å². The molecule has 5 heterocycles. The molecule has 3 aliphatic heterocycles. The summed E-state index contributed by atoms with van der Waals surface area (Å²) in [5, 5.41) is 10.2. The Morgan fingerprint density at radius 1 is 1.18 bits per heavy atom. The summed E-state index contributed by atoms with van der Waals surface area (Å²) >= 11 is 0. The van der Waals surface area contributed by atoms with Crippen LogP contribution in [-0.4, -0.2) is 69.4 Å². The average molecular weight is 473 g/mol. The zero-order valence-corrected chi connectivity index (χ0v) is 19.4. The number of hydrogen-bond donors (Lipinski definition) is 2. The molecule has 3 saturated heterocycles. The van der Waals surface area contributed by atoms with Gasteiger partial charge in [0.25, 0.3) is 0 Å². The van der Waals surface area contributed by atoms with E-state index in [2.05, 4.69) is 19.5 Å². The second kappa shape index (κ2) is 7.71. The molecule has 10 heteroatoms. The van der Waals surface area contributed by atoms with Gasteiger partial charge in [-0.3, -0.25) is 4.90 Å². The molecule has 3 N–H and O–H groups in total. The summed E-state index contributed by atoms with van der Waals surface area (Å²) < 4.78 is 30.1. The lowest BCUT2D eigenvalue weighted by Crippen LogP contribution is -2.38. The Labute approximate surface area is 197 Å². The minimum Gasteiger partial charge on any atom is -0.433 e. The molecule has 7 rings (SSSR count). The second-order valence-corrected chi connectivity index (χ2v) is 11.0. The minimum atomic E-state index is -2.94. The first-order valence-electron chi connectivity index (χ1n) is 12.0. The number of rotatable bonds is 7. The number of β-amino-alcohol motifs (C(OH)–C–C–N with tert-alkyl or cyclic N) is 1. The first-order valence-corrected chi connectivity index (χ1v) is 12.0. The van der Waals surface area contributed by atoms with E-state index in [0.29, 0.717) is 53.5 Å². The number of aliphatic hydroxyl groups is 1. The molecule has 0 spiro atoms. The number of likely N-dealkylation sites (tertiary alicyclic amines) is 1. The summed E-state index contributed by atoms with van der Waals surface area (Å²) in [7, 11) is 0. The SMILES string of the molecule is CC(C)(O)CN1C[C@@H]2C(c3cc(-c4cc(OC(F)F)cnc4N)nc(N4CC5CC4C5)n3)[C@@H]2C1. The fourth-order valence-corrected chi connectivity index (χ4v) is 6.22. The number of ether oxygens (including phenoxy) is 1. The van der Waals surface area contributed by atoms with E-state index < -0.39 is 12.2 Å². The summed E-state index contributed by atoms with van der Waals surface area (Å²) in [5.74, 6) is 2.88. The van der Waals surface area contributed by atoms with Crippen LogP contribution in [0.1, 0.15) is 38.3 Å². The molecular formula is C24H30F2N6O2. The molecule has 1 unspecified atom stereocenters. The van der Waals surface area contributed by atoms with Gasteiger partial charge in [0.2, 0.25) is 5.95 Å². The van der Waals surface area contributed by atoms with Crippen molar-refractivity contribution in [2.75, 3.05) is 36.8 Å². The van der Waals surface area contributed by atoms with Crippen molar-refractivity contribution in [2.45, 2.75) is 50.9 Å². The van der Waals surface area contributed by atoms with E-state index in [1.807, 2.05) is 19.9 Å². The van der Waals surface area contributed by atoms with Crippen LogP contribution < -0.4 is 15.4 Å². The second-order valence-electron chi connectivity index (χ2n) is 11.0. The predicted octanol–water partition coefficient (Wildman–Crippen LogP) is 2.74. The first-order chi connectivity index (χ1) is 16.1. The van der Waals surface area contributed by atoms with Crippen LogP contribution in [0.15, 0.2) is 18.3 Å². The van der Waals surface area contributed by atoms with E-state index >= 15 is 0 Å². The van der Waals surface area contributed by atoms with Crippen LogP contribution in [0.3, 0.4) is 0 Å². The highest BCUT2D eigenvalue weighted by atomic mass is 19.3. The Kier molecular flexibility index (Phi) is 4.97. The monoisotopic (exact) mass is 472 g/mol. The van der Waals surface area contributed by atoms with Crippen molar-refractivity contribution in [1.29, 1.82) is 0 Å². The molecule has 182 valence electrons. The summed E-state index contributed by atoms with van der Waals surface area (Å²) in [6.45, 7) is 4.21. The highest BCUT2D eigenvalue weighted by molar-refractivity contribution is 5.73. The molecule has 0 aromatic carbocycles. The smallest absolute Gasteiger partial charge is 0.387 e. The standard InChI is InChI=1S/C24H30F2N6O2/c1-24(2,33)11-31-9-16-17(10-31)20(16)19-6-18(15-5-14(34-22(25)26)7-28-21(15)27)29-23(30-19)32-8-12-3-13(32)4-12/h5-7,12-13,16-17,20,22,33H,3-4,8-11H2,1-2H3,(H2,27,28)/t12?,13?,16-,17+,20?. The highest BCUT2D eigenvalue weighted by Crippen LogP contribution is 2.58. The van der Waals surface area contributed by atoms with E-state index in [-0.39, 0.29) is 11.6 Å². The summed E-state index contributed by atoms with van der Waals surface area (Å²) in [6.07, 6.45) is 3.54.